The molecule has 0 aliphatic rings. The molecule has 1 N–H and O–H groups in total. The van der Waals surface area contributed by atoms with Gasteiger partial charge in [0.2, 0.25) is 10.0 Å². The minimum absolute atomic E-state index is 0.106. The number of hydrogen-bond donors (Lipinski definition) is 1. The van der Waals surface area contributed by atoms with Crippen molar-refractivity contribution in [2.45, 2.75) is 24.8 Å². The number of hydrogen-bond acceptors (Lipinski definition) is 3. The van der Waals surface area contributed by atoms with Crippen LogP contribution in [0.5, 0.6) is 0 Å². The van der Waals surface area contributed by atoms with Crippen LogP contribution in [0.1, 0.15) is 13.8 Å². The van der Waals surface area contributed by atoms with E-state index in [0.717, 1.165) is 4.31 Å². The van der Waals surface area contributed by atoms with Gasteiger partial charge >= 0.3 is 5.97 Å². The molecule has 0 atom stereocenters. The van der Waals surface area contributed by atoms with Crippen LogP contribution in [-0.4, -0.2) is 41.0 Å². The molecule has 17 heavy (non-hydrogen) atoms. The van der Waals surface area contributed by atoms with Crippen molar-refractivity contribution < 1.29 is 18.3 Å². The monoisotopic (exact) mass is 260 g/mol. The molecule has 0 amide bonds. The van der Waals surface area contributed by atoms with Gasteiger partial charge in [0.05, 0.1) is 4.90 Å². The molecule has 1 aromatic heterocycles. The van der Waals surface area contributed by atoms with E-state index in [9.17, 15) is 13.2 Å². The Kier molecular flexibility index (Phi) is 3.94. The van der Waals surface area contributed by atoms with Crippen LogP contribution in [0.3, 0.4) is 0 Å². The van der Waals surface area contributed by atoms with Crippen molar-refractivity contribution in [3.8, 4) is 0 Å². The summed E-state index contributed by atoms with van der Waals surface area (Å²) in [6, 6.07) is 1.04. The predicted molar refractivity (Wildman–Crippen MR) is 62.1 cm³/mol. The summed E-state index contributed by atoms with van der Waals surface area (Å²) in [7, 11) is -2.04. The molecule has 0 unspecified atom stereocenters. The molecule has 0 fully saturated rings. The minimum atomic E-state index is -3.74. The van der Waals surface area contributed by atoms with Gasteiger partial charge in [0.15, 0.2) is 0 Å². The predicted octanol–water partition coefficient (Wildman–Crippen LogP) is 0.509. The van der Waals surface area contributed by atoms with Crippen LogP contribution in [0.2, 0.25) is 0 Å². The maximum atomic E-state index is 12.2. The summed E-state index contributed by atoms with van der Waals surface area (Å²) in [6.45, 7) is 2.75. The fourth-order valence-electron chi connectivity index (χ4n) is 1.44. The van der Waals surface area contributed by atoms with Gasteiger partial charge in [0.1, 0.15) is 6.54 Å². The highest BCUT2D eigenvalue weighted by molar-refractivity contribution is 7.89. The van der Waals surface area contributed by atoms with E-state index in [1.54, 1.807) is 31.7 Å². The van der Waals surface area contributed by atoms with Gasteiger partial charge in [-0.1, -0.05) is 0 Å². The lowest BCUT2D eigenvalue weighted by molar-refractivity contribution is -0.137. The maximum absolute atomic E-state index is 12.2. The van der Waals surface area contributed by atoms with Gasteiger partial charge < -0.3 is 9.67 Å². The number of sulfonamides is 1. The first-order chi connectivity index (χ1) is 7.75. The van der Waals surface area contributed by atoms with Gasteiger partial charge in [-0.3, -0.25) is 4.79 Å². The summed E-state index contributed by atoms with van der Waals surface area (Å²) in [4.78, 5) is 10.8. The molecule has 1 rings (SSSR count). The first-order valence-corrected chi connectivity index (χ1v) is 6.54. The number of aromatic nitrogens is 1. The second kappa shape index (κ2) is 4.89. The van der Waals surface area contributed by atoms with Crippen molar-refractivity contribution in [3.05, 3.63) is 18.5 Å². The maximum Gasteiger partial charge on any atom is 0.318 e. The lowest BCUT2D eigenvalue weighted by atomic mass is 10.4. The molecule has 0 radical (unpaired) electrons. The smallest absolute Gasteiger partial charge is 0.318 e. The van der Waals surface area contributed by atoms with Crippen molar-refractivity contribution in [2.24, 2.45) is 7.05 Å². The van der Waals surface area contributed by atoms with Crippen LogP contribution in [0.15, 0.2) is 23.4 Å². The van der Waals surface area contributed by atoms with Crippen LogP contribution in [-0.2, 0) is 21.9 Å². The Labute approximate surface area is 101 Å². The zero-order valence-electron chi connectivity index (χ0n) is 9.99. The van der Waals surface area contributed by atoms with Crippen molar-refractivity contribution in [1.82, 2.24) is 8.87 Å². The zero-order valence-corrected chi connectivity index (χ0v) is 10.8. The lowest BCUT2D eigenvalue weighted by Gasteiger charge is -2.23. The molecule has 6 nitrogen and oxygen atoms in total. The molecule has 1 aromatic rings. The molecule has 0 aliphatic carbocycles. The van der Waals surface area contributed by atoms with Crippen molar-refractivity contribution in [2.75, 3.05) is 6.54 Å². The van der Waals surface area contributed by atoms with Gasteiger partial charge in [0.25, 0.3) is 0 Å². The minimum Gasteiger partial charge on any atom is -0.480 e. The highest BCUT2D eigenvalue weighted by Gasteiger charge is 2.29. The summed E-state index contributed by atoms with van der Waals surface area (Å²) < 4.78 is 26.9. The number of aliphatic carboxylic acids is 1. The molecule has 0 aromatic carbocycles. The normalized spacial score (nSPS) is 12.3. The fourth-order valence-corrected chi connectivity index (χ4v) is 3.08. The number of aryl methyl sites for hydroxylation is 1. The second-order valence-corrected chi connectivity index (χ2v) is 5.94. The Bertz CT molecular complexity index is 504. The number of carboxylic acid groups (broad SMARTS) is 1. The van der Waals surface area contributed by atoms with Crippen molar-refractivity contribution >= 4 is 16.0 Å². The van der Waals surface area contributed by atoms with Crippen LogP contribution in [0.4, 0.5) is 0 Å². The van der Waals surface area contributed by atoms with Gasteiger partial charge in [0, 0.05) is 25.5 Å². The van der Waals surface area contributed by atoms with Crippen LogP contribution < -0.4 is 0 Å². The largest absolute Gasteiger partial charge is 0.480 e. The molecule has 0 spiro atoms. The molecule has 96 valence electrons. The Balaban J connectivity index is 3.13. The molecule has 7 heteroatoms. The summed E-state index contributed by atoms with van der Waals surface area (Å²) in [5.41, 5.74) is 0. The molecular weight excluding hydrogens is 244 g/mol. The lowest BCUT2D eigenvalue weighted by Crippen LogP contribution is -2.40. The van der Waals surface area contributed by atoms with E-state index in [2.05, 4.69) is 0 Å². The highest BCUT2D eigenvalue weighted by Crippen LogP contribution is 2.17. The SMILES string of the molecule is CC(C)N(CC(=O)O)S(=O)(=O)c1ccn(C)c1. The third-order valence-corrected chi connectivity index (χ3v) is 4.28. The third kappa shape index (κ3) is 3.07. The zero-order chi connectivity index (χ0) is 13.2. The quantitative estimate of drug-likeness (QED) is 0.836. The third-order valence-electron chi connectivity index (χ3n) is 2.28. The highest BCUT2D eigenvalue weighted by atomic mass is 32.2. The van der Waals surface area contributed by atoms with E-state index < -0.39 is 28.6 Å². The number of carboxylic acids is 1. The standard InChI is InChI=1S/C10H16N2O4S/c1-8(2)12(7-10(13)14)17(15,16)9-4-5-11(3)6-9/h4-6,8H,7H2,1-3H3,(H,13,14). The van der Waals surface area contributed by atoms with Crippen molar-refractivity contribution in [1.29, 1.82) is 0 Å². The topological polar surface area (TPSA) is 79.6 Å². The van der Waals surface area contributed by atoms with E-state index in [-0.39, 0.29) is 4.90 Å². The Hall–Kier alpha value is -1.34. The molecule has 0 aliphatic heterocycles. The van der Waals surface area contributed by atoms with E-state index in [1.165, 1.54) is 12.3 Å². The summed E-state index contributed by atoms with van der Waals surface area (Å²) >= 11 is 0. The molecular formula is C10H16N2O4S. The fraction of sp³-hybridized carbons (Fsp3) is 0.500. The second-order valence-electron chi connectivity index (χ2n) is 4.05. The van der Waals surface area contributed by atoms with Gasteiger partial charge in [-0.25, -0.2) is 8.42 Å². The Morgan fingerprint density at radius 1 is 1.53 bits per heavy atom. The number of carbonyl (C=O) groups is 1. The summed E-state index contributed by atoms with van der Waals surface area (Å²) in [5, 5.41) is 8.74. The molecule has 0 saturated carbocycles. The van der Waals surface area contributed by atoms with Crippen LogP contribution in [0, 0.1) is 0 Å². The Morgan fingerprint density at radius 3 is 2.47 bits per heavy atom. The van der Waals surface area contributed by atoms with Gasteiger partial charge in [-0.2, -0.15) is 4.31 Å². The van der Waals surface area contributed by atoms with E-state index >= 15 is 0 Å². The first-order valence-electron chi connectivity index (χ1n) is 5.10. The molecule has 0 saturated heterocycles. The average Bonchev–Trinajstić information content (AvgIpc) is 2.61. The van der Waals surface area contributed by atoms with Crippen molar-refractivity contribution in [3.63, 3.8) is 0 Å². The Morgan fingerprint density at radius 2 is 2.12 bits per heavy atom. The first kappa shape index (κ1) is 13.7. The van der Waals surface area contributed by atoms with E-state index in [4.69, 9.17) is 5.11 Å². The number of rotatable bonds is 5. The van der Waals surface area contributed by atoms with E-state index in [1.807, 2.05) is 0 Å². The van der Waals surface area contributed by atoms with Crippen LogP contribution >= 0.6 is 0 Å². The van der Waals surface area contributed by atoms with Gasteiger partial charge in [-0.15, -0.1) is 0 Å². The number of nitrogens with zero attached hydrogens (tertiary/aromatic N) is 2. The summed E-state index contributed by atoms with van der Waals surface area (Å²) in [6.07, 6.45) is 3.05. The molecule has 0 bridgehead atoms. The van der Waals surface area contributed by atoms with Crippen LogP contribution in [0.25, 0.3) is 0 Å². The average molecular weight is 260 g/mol. The molecule has 1 heterocycles. The summed E-state index contributed by atoms with van der Waals surface area (Å²) in [5.74, 6) is -1.17. The van der Waals surface area contributed by atoms with Gasteiger partial charge in [-0.05, 0) is 19.9 Å². The van der Waals surface area contributed by atoms with E-state index in [0.29, 0.717) is 0 Å².